The third-order valence-corrected chi connectivity index (χ3v) is 1.31. The van der Waals surface area contributed by atoms with Gasteiger partial charge in [-0.25, -0.2) is 0 Å². The first-order valence-electron chi connectivity index (χ1n) is 2.81. The predicted molar refractivity (Wildman–Crippen MR) is 32.7 cm³/mol. The van der Waals surface area contributed by atoms with Gasteiger partial charge in [-0.15, -0.1) is 12.3 Å². The molecule has 0 spiro atoms. The lowest BCUT2D eigenvalue weighted by atomic mass is 10.1. The minimum Gasteiger partial charge on any atom is -0.392 e. The number of hydrogen-bond donors (Lipinski definition) is 1. The van der Waals surface area contributed by atoms with E-state index < -0.39 is 5.66 Å². The number of aliphatic hydroxyl groups excluding tert-OH is 1. The lowest BCUT2D eigenvalue weighted by Gasteiger charge is -2.00. The first kappa shape index (κ1) is 6.24. The molecule has 1 aliphatic heterocycles. The number of rotatable bonds is 3. The van der Waals surface area contributed by atoms with Crippen molar-refractivity contribution in [2.45, 2.75) is 18.5 Å². The van der Waals surface area contributed by atoms with Crippen LogP contribution in [0.15, 0.2) is 10.2 Å². The van der Waals surface area contributed by atoms with Crippen LogP contribution in [-0.4, -0.2) is 17.4 Å². The van der Waals surface area contributed by atoms with Crippen molar-refractivity contribution in [1.29, 1.82) is 0 Å². The quantitative estimate of drug-likeness (QED) is 0.549. The van der Waals surface area contributed by atoms with E-state index in [0.717, 1.165) is 0 Å². The molecule has 3 heteroatoms. The van der Waals surface area contributed by atoms with Gasteiger partial charge in [0, 0.05) is 12.8 Å². The third kappa shape index (κ3) is 1.27. The molecule has 1 heterocycles. The van der Waals surface area contributed by atoms with Crippen LogP contribution in [0.2, 0.25) is 0 Å². The minimum absolute atomic E-state index is 0.00528. The highest BCUT2D eigenvalue weighted by Gasteiger charge is 2.38. The summed E-state index contributed by atoms with van der Waals surface area (Å²) in [6.45, 7) is -0.00528. The maximum absolute atomic E-state index is 8.63. The summed E-state index contributed by atoms with van der Waals surface area (Å²) in [7, 11) is 0. The number of nitrogens with zero attached hydrogens (tertiary/aromatic N) is 2. The van der Waals surface area contributed by atoms with E-state index in [9.17, 15) is 0 Å². The summed E-state index contributed by atoms with van der Waals surface area (Å²) >= 11 is 0. The predicted octanol–water partition coefficient (Wildman–Crippen LogP) is 0.554. The van der Waals surface area contributed by atoms with E-state index in [-0.39, 0.29) is 6.61 Å². The maximum Gasteiger partial charge on any atom is 0.214 e. The molecule has 0 bridgehead atoms. The third-order valence-electron chi connectivity index (χ3n) is 1.31. The highest BCUT2D eigenvalue weighted by atomic mass is 16.3. The second-order valence-corrected chi connectivity index (χ2v) is 2.04. The Morgan fingerprint density at radius 2 is 2.22 bits per heavy atom. The molecule has 0 aromatic heterocycles. The van der Waals surface area contributed by atoms with Crippen molar-refractivity contribution in [1.82, 2.24) is 0 Å². The zero-order valence-corrected chi connectivity index (χ0v) is 5.04. The van der Waals surface area contributed by atoms with E-state index in [4.69, 9.17) is 11.5 Å². The monoisotopic (exact) mass is 124 g/mol. The van der Waals surface area contributed by atoms with E-state index in [1.807, 2.05) is 0 Å². The molecule has 1 rings (SSSR count). The average Bonchev–Trinajstić information content (AvgIpc) is 2.65. The van der Waals surface area contributed by atoms with Gasteiger partial charge in [0.2, 0.25) is 5.66 Å². The molecule has 48 valence electrons. The summed E-state index contributed by atoms with van der Waals surface area (Å²) in [4.78, 5) is 0. The molecular weight excluding hydrogens is 116 g/mol. The Kier molecular flexibility index (Phi) is 1.50. The molecule has 9 heavy (non-hydrogen) atoms. The van der Waals surface area contributed by atoms with Crippen molar-refractivity contribution >= 4 is 0 Å². The van der Waals surface area contributed by atoms with Gasteiger partial charge in [0.05, 0.1) is 6.61 Å². The summed E-state index contributed by atoms with van der Waals surface area (Å²) in [5, 5.41) is 16.0. The normalized spacial score (nSPS) is 19.1. The molecule has 0 saturated heterocycles. The van der Waals surface area contributed by atoms with Crippen LogP contribution < -0.4 is 0 Å². The summed E-state index contributed by atoms with van der Waals surface area (Å²) in [5.41, 5.74) is -0.494. The van der Waals surface area contributed by atoms with Crippen LogP contribution in [0.25, 0.3) is 0 Å². The van der Waals surface area contributed by atoms with E-state index in [1.54, 1.807) is 0 Å². The Morgan fingerprint density at radius 1 is 1.56 bits per heavy atom. The fourth-order valence-electron chi connectivity index (χ4n) is 0.585. The van der Waals surface area contributed by atoms with Crippen molar-refractivity contribution in [3.63, 3.8) is 0 Å². The molecule has 0 saturated carbocycles. The SMILES string of the molecule is C#CCCC1(CO)N=N1. The van der Waals surface area contributed by atoms with Crippen LogP contribution in [0, 0.1) is 12.3 Å². The fraction of sp³-hybridized carbons (Fsp3) is 0.667. The van der Waals surface area contributed by atoms with Gasteiger partial charge in [-0.3, -0.25) is 0 Å². The van der Waals surface area contributed by atoms with E-state index >= 15 is 0 Å². The Bertz CT molecular complexity index is 162. The summed E-state index contributed by atoms with van der Waals surface area (Å²) in [6.07, 6.45) is 6.32. The Morgan fingerprint density at radius 3 is 2.56 bits per heavy atom. The van der Waals surface area contributed by atoms with Crippen molar-refractivity contribution in [3.05, 3.63) is 0 Å². The van der Waals surface area contributed by atoms with Crippen LogP contribution in [0.4, 0.5) is 0 Å². The number of aliphatic hydroxyl groups is 1. The standard InChI is InChI=1S/C6H8N2O/c1-2-3-4-6(5-9)7-8-6/h1,9H,3-5H2. The number of terminal acetylenes is 1. The lowest BCUT2D eigenvalue weighted by Crippen LogP contribution is -2.15. The average molecular weight is 124 g/mol. The van der Waals surface area contributed by atoms with Gasteiger partial charge in [0.1, 0.15) is 0 Å². The molecule has 1 N–H and O–H groups in total. The molecule has 0 atom stereocenters. The van der Waals surface area contributed by atoms with Crippen LogP contribution in [0.5, 0.6) is 0 Å². The van der Waals surface area contributed by atoms with Gasteiger partial charge in [0.25, 0.3) is 0 Å². The zero-order valence-electron chi connectivity index (χ0n) is 5.04. The van der Waals surface area contributed by atoms with Gasteiger partial charge in [-0.1, -0.05) is 0 Å². The second kappa shape index (κ2) is 2.16. The highest BCUT2D eigenvalue weighted by Crippen LogP contribution is 2.31. The maximum atomic E-state index is 8.63. The molecule has 0 fully saturated rings. The second-order valence-electron chi connectivity index (χ2n) is 2.04. The van der Waals surface area contributed by atoms with Crippen LogP contribution in [-0.2, 0) is 0 Å². The van der Waals surface area contributed by atoms with Crippen molar-refractivity contribution in [2.75, 3.05) is 6.61 Å². The lowest BCUT2D eigenvalue weighted by molar-refractivity contribution is 0.238. The first-order chi connectivity index (χ1) is 4.33. The summed E-state index contributed by atoms with van der Waals surface area (Å²) < 4.78 is 0. The molecule has 0 aromatic carbocycles. The van der Waals surface area contributed by atoms with Gasteiger partial charge in [-0.2, -0.15) is 10.2 Å². The van der Waals surface area contributed by atoms with Gasteiger partial charge >= 0.3 is 0 Å². The molecule has 0 radical (unpaired) electrons. The van der Waals surface area contributed by atoms with Crippen molar-refractivity contribution < 1.29 is 5.11 Å². The fourth-order valence-corrected chi connectivity index (χ4v) is 0.585. The first-order valence-corrected chi connectivity index (χ1v) is 2.81. The molecular formula is C6H8N2O. The molecule has 0 unspecified atom stereocenters. The van der Waals surface area contributed by atoms with Crippen LogP contribution in [0.1, 0.15) is 12.8 Å². The summed E-state index contributed by atoms with van der Waals surface area (Å²) in [5.74, 6) is 2.47. The zero-order chi connectivity index (χ0) is 6.74. The molecule has 0 amide bonds. The Hall–Kier alpha value is -0.880. The molecule has 0 aliphatic carbocycles. The minimum atomic E-state index is -0.494. The van der Waals surface area contributed by atoms with Gasteiger partial charge in [-0.05, 0) is 0 Å². The Labute approximate surface area is 53.8 Å². The van der Waals surface area contributed by atoms with E-state index in [2.05, 4.69) is 16.1 Å². The summed E-state index contributed by atoms with van der Waals surface area (Å²) in [6, 6.07) is 0. The highest BCUT2D eigenvalue weighted by molar-refractivity contribution is 4.97. The van der Waals surface area contributed by atoms with Crippen molar-refractivity contribution in [2.24, 2.45) is 10.2 Å². The molecule has 0 aromatic rings. The molecule has 3 nitrogen and oxygen atoms in total. The largest absolute Gasteiger partial charge is 0.392 e. The van der Waals surface area contributed by atoms with Crippen molar-refractivity contribution in [3.8, 4) is 12.3 Å². The smallest absolute Gasteiger partial charge is 0.214 e. The van der Waals surface area contributed by atoms with Crippen LogP contribution in [0.3, 0.4) is 0 Å². The Balaban J connectivity index is 2.20. The van der Waals surface area contributed by atoms with Gasteiger partial charge in [0.15, 0.2) is 0 Å². The van der Waals surface area contributed by atoms with Crippen LogP contribution >= 0.6 is 0 Å². The topological polar surface area (TPSA) is 45.0 Å². The number of hydrogen-bond acceptors (Lipinski definition) is 3. The molecule has 1 aliphatic rings. The van der Waals surface area contributed by atoms with E-state index in [1.165, 1.54) is 0 Å². The van der Waals surface area contributed by atoms with Gasteiger partial charge < -0.3 is 5.11 Å². The van der Waals surface area contributed by atoms with E-state index in [0.29, 0.717) is 12.8 Å².